The van der Waals surface area contributed by atoms with E-state index in [2.05, 4.69) is 5.32 Å². The summed E-state index contributed by atoms with van der Waals surface area (Å²) in [5.41, 5.74) is 1.06. The van der Waals surface area contributed by atoms with E-state index in [0.29, 0.717) is 16.5 Å². The molecule has 1 aliphatic carbocycles. The van der Waals surface area contributed by atoms with Crippen molar-refractivity contribution in [3.63, 3.8) is 0 Å². The Bertz CT molecular complexity index is 1410. The second-order valence-corrected chi connectivity index (χ2v) is 12.1. The summed E-state index contributed by atoms with van der Waals surface area (Å²) in [6.45, 7) is 1.25. The van der Waals surface area contributed by atoms with E-state index in [-0.39, 0.29) is 23.4 Å². The Morgan fingerprint density at radius 3 is 2.30 bits per heavy atom. The summed E-state index contributed by atoms with van der Waals surface area (Å²) in [4.78, 5) is 28.7. The minimum atomic E-state index is -4.14. The van der Waals surface area contributed by atoms with E-state index in [9.17, 15) is 18.0 Å². The maximum absolute atomic E-state index is 14.0. The summed E-state index contributed by atoms with van der Waals surface area (Å²) in [5.74, 6) is -0.280. The third-order valence-corrected chi connectivity index (χ3v) is 9.10. The number of carbonyl (C=O) groups is 2. The number of halogens is 1. The Balaban J connectivity index is 1.66. The van der Waals surface area contributed by atoms with Crippen molar-refractivity contribution in [2.24, 2.45) is 0 Å². The molecule has 1 unspecified atom stereocenters. The van der Waals surface area contributed by atoms with E-state index < -0.39 is 28.5 Å². The molecule has 40 heavy (non-hydrogen) atoms. The molecular formula is C30H34ClN3O5S. The topological polar surface area (TPSA) is 96.0 Å². The van der Waals surface area contributed by atoms with Crippen LogP contribution in [0.25, 0.3) is 0 Å². The van der Waals surface area contributed by atoms with Crippen LogP contribution in [0.5, 0.6) is 5.75 Å². The minimum absolute atomic E-state index is 0.0124. The highest BCUT2D eigenvalue weighted by Gasteiger charge is 2.33. The second kappa shape index (κ2) is 13.2. The zero-order chi connectivity index (χ0) is 28.7. The van der Waals surface area contributed by atoms with Crippen molar-refractivity contribution in [2.75, 3.05) is 18.0 Å². The summed E-state index contributed by atoms with van der Waals surface area (Å²) < 4.78 is 33.9. The van der Waals surface area contributed by atoms with Gasteiger partial charge in [0.05, 0.1) is 17.7 Å². The fraction of sp³-hybridized carbons (Fsp3) is 0.333. The molecule has 1 N–H and O–H groups in total. The Kier molecular flexibility index (Phi) is 9.71. The number of hydrogen-bond donors (Lipinski definition) is 1. The van der Waals surface area contributed by atoms with Gasteiger partial charge < -0.3 is 15.0 Å². The van der Waals surface area contributed by atoms with Crippen LogP contribution in [-0.2, 0) is 26.2 Å². The lowest BCUT2D eigenvalue weighted by molar-refractivity contribution is -0.139. The summed E-state index contributed by atoms with van der Waals surface area (Å²) >= 11 is 6.20. The number of sulfonamides is 1. The van der Waals surface area contributed by atoms with Gasteiger partial charge in [0.25, 0.3) is 10.0 Å². The number of para-hydroxylation sites is 1. The molecule has 212 valence electrons. The molecule has 10 heteroatoms. The average Bonchev–Trinajstić information content (AvgIpc) is 3.47. The van der Waals surface area contributed by atoms with E-state index in [1.807, 2.05) is 6.07 Å². The molecule has 8 nitrogen and oxygen atoms in total. The highest BCUT2D eigenvalue weighted by Crippen LogP contribution is 2.26. The zero-order valence-corrected chi connectivity index (χ0v) is 24.2. The molecule has 1 saturated carbocycles. The smallest absolute Gasteiger partial charge is 0.264 e. The first-order valence-electron chi connectivity index (χ1n) is 13.2. The molecule has 4 rings (SSSR count). The van der Waals surface area contributed by atoms with Gasteiger partial charge in [-0.05, 0) is 73.9 Å². The van der Waals surface area contributed by atoms with Crippen molar-refractivity contribution in [2.45, 2.75) is 56.1 Å². The number of rotatable bonds is 11. The van der Waals surface area contributed by atoms with Crippen molar-refractivity contribution >= 4 is 39.1 Å². The SMILES string of the molecule is COc1ccc(S(=O)(=O)N(CC(=O)N(Cc2cccc(Cl)c2)C(C)C(=O)NC2CCCC2)c2ccccc2)cc1. The molecule has 0 heterocycles. The Hall–Kier alpha value is -3.56. The summed E-state index contributed by atoms with van der Waals surface area (Å²) in [5, 5.41) is 3.56. The molecule has 1 fully saturated rings. The van der Waals surface area contributed by atoms with Crippen LogP contribution in [0, 0.1) is 0 Å². The molecule has 2 amide bonds. The third kappa shape index (κ3) is 7.14. The number of benzene rings is 3. The van der Waals surface area contributed by atoms with Gasteiger partial charge in [-0.2, -0.15) is 0 Å². The van der Waals surface area contributed by atoms with Crippen LogP contribution in [0.3, 0.4) is 0 Å². The van der Waals surface area contributed by atoms with Crippen LogP contribution in [0.15, 0.2) is 83.8 Å². The van der Waals surface area contributed by atoms with E-state index in [1.54, 1.807) is 67.6 Å². The zero-order valence-electron chi connectivity index (χ0n) is 22.6. The van der Waals surface area contributed by atoms with Crippen LogP contribution >= 0.6 is 11.6 Å². The van der Waals surface area contributed by atoms with E-state index >= 15 is 0 Å². The van der Waals surface area contributed by atoms with Gasteiger partial charge in [-0.3, -0.25) is 13.9 Å². The number of anilines is 1. The van der Waals surface area contributed by atoms with Crippen molar-refractivity contribution in [1.29, 1.82) is 0 Å². The van der Waals surface area contributed by atoms with Gasteiger partial charge in [0.2, 0.25) is 11.8 Å². The van der Waals surface area contributed by atoms with Gasteiger partial charge in [0, 0.05) is 17.6 Å². The maximum Gasteiger partial charge on any atom is 0.264 e. The lowest BCUT2D eigenvalue weighted by Crippen LogP contribution is -2.52. The number of nitrogens with zero attached hydrogens (tertiary/aromatic N) is 2. The van der Waals surface area contributed by atoms with E-state index in [4.69, 9.17) is 16.3 Å². The largest absolute Gasteiger partial charge is 0.497 e. The Morgan fingerprint density at radius 1 is 1.00 bits per heavy atom. The van der Waals surface area contributed by atoms with E-state index in [0.717, 1.165) is 35.6 Å². The standard InChI is InChI=1S/C30H34ClN3O5S/c1-22(30(36)32-25-11-6-7-12-25)33(20-23-9-8-10-24(31)19-23)29(35)21-34(26-13-4-3-5-14-26)40(37,38)28-17-15-27(39-2)16-18-28/h3-5,8-10,13-19,22,25H,6-7,11-12,20-21H2,1-2H3,(H,32,36). The van der Waals surface area contributed by atoms with Gasteiger partial charge in [-0.1, -0.05) is 54.8 Å². The van der Waals surface area contributed by atoms with Crippen LogP contribution in [0.2, 0.25) is 5.02 Å². The molecule has 0 radical (unpaired) electrons. The fourth-order valence-corrected chi connectivity index (χ4v) is 6.43. The third-order valence-electron chi connectivity index (χ3n) is 7.08. The number of nitrogens with one attached hydrogen (secondary N) is 1. The van der Waals surface area contributed by atoms with Crippen molar-refractivity contribution in [3.8, 4) is 5.75 Å². The second-order valence-electron chi connectivity index (χ2n) is 9.84. The summed E-state index contributed by atoms with van der Waals surface area (Å²) in [6, 6.07) is 20.7. The fourth-order valence-electron chi connectivity index (χ4n) is 4.80. The molecule has 0 aliphatic heterocycles. The van der Waals surface area contributed by atoms with Crippen molar-refractivity contribution in [1.82, 2.24) is 10.2 Å². The first kappa shape index (κ1) is 29.4. The average molecular weight is 584 g/mol. The number of ether oxygens (including phenoxy) is 1. The van der Waals surface area contributed by atoms with Gasteiger partial charge in [0.15, 0.2) is 0 Å². The predicted octanol–water partition coefficient (Wildman–Crippen LogP) is 5.02. The molecular weight excluding hydrogens is 550 g/mol. The van der Waals surface area contributed by atoms with Crippen LogP contribution in [-0.4, -0.2) is 50.9 Å². The molecule has 3 aromatic carbocycles. The van der Waals surface area contributed by atoms with Gasteiger partial charge in [0.1, 0.15) is 18.3 Å². The van der Waals surface area contributed by atoms with Gasteiger partial charge in [-0.25, -0.2) is 8.42 Å². The maximum atomic E-state index is 14.0. The lowest BCUT2D eigenvalue weighted by atomic mass is 10.1. The first-order valence-corrected chi connectivity index (χ1v) is 15.1. The van der Waals surface area contributed by atoms with Crippen molar-refractivity contribution < 1.29 is 22.7 Å². The summed E-state index contributed by atoms with van der Waals surface area (Å²) in [6.07, 6.45) is 3.92. The number of carbonyl (C=O) groups excluding carboxylic acids is 2. The lowest BCUT2D eigenvalue weighted by Gasteiger charge is -2.32. The monoisotopic (exact) mass is 583 g/mol. The summed E-state index contributed by atoms with van der Waals surface area (Å²) in [7, 11) is -2.65. The molecule has 3 aromatic rings. The highest BCUT2D eigenvalue weighted by molar-refractivity contribution is 7.92. The Labute approximate surface area is 240 Å². The van der Waals surface area contributed by atoms with Crippen LogP contribution in [0.4, 0.5) is 5.69 Å². The van der Waals surface area contributed by atoms with E-state index in [1.165, 1.54) is 24.1 Å². The Morgan fingerprint density at radius 2 is 1.68 bits per heavy atom. The van der Waals surface area contributed by atoms with Crippen LogP contribution < -0.4 is 14.4 Å². The van der Waals surface area contributed by atoms with Crippen LogP contribution in [0.1, 0.15) is 38.2 Å². The molecule has 1 atom stereocenters. The predicted molar refractivity (Wildman–Crippen MR) is 156 cm³/mol. The van der Waals surface area contributed by atoms with Gasteiger partial charge in [-0.15, -0.1) is 0 Å². The van der Waals surface area contributed by atoms with Gasteiger partial charge >= 0.3 is 0 Å². The number of methoxy groups -OCH3 is 1. The number of hydrogen-bond acceptors (Lipinski definition) is 5. The normalized spacial score (nSPS) is 14.4. The first-order chi connectivity index (χ1) is 19.2. The minimum Gasteiger partial charge on any atom is -0.497 e. The molecule has 0 saturated heterocycles. The highest BCUT2D eigenvalue weighted by atomic mass is 35.5. The molecule has 0 aromatic heterocycles. The number of amides is 2. The molecule has 1 aliphatic rings. The quantitative estimate of drug-likeness (QED) is 0.342. The molecule has 0 spiro atoms. The molecule has 0 bridgehead atoms. The van der Waals surface area contributed by atoms with Crippen molar-refractivity contribution in [3.05, 3.63) is 89.4 Å².